The molecule has 0 heterocycles. The lowest BCUT2D eigenvalue weighted by atomic mass is 9.75. The van der Waals surface area contributed by atoms with E-state index in [0.717, 1.165) is 36.1 Å². The van der Waals surface area contributed by atoms with E-state index >= 15 is 0 Å². The van der Waals surface area contributed by atoms with Crippen LogP contribution in [0.25, 0.3) is 12.2 Å². The molecule has 1 aromatic rings. The number of nitrogens with one attached hydrogen (secondary N) is 1. The van der Waals surface area contributed by atoms with Crippen molar-refractivity contribution in [1.29, 1.82) is 0 Å². The molecule has 3 heteroatoms. The summed E-state index contributed by atoms with van der Waals surface area (Å²) in [7, 11) is 0. The highest BCUT2D eigenvalue weighted by atomic mass is 16.2. The van der Waals surface area contributed by atoms with Crippen LogP contribution in [0, 0.1) is 5.92 Å². The number of rotatable bonds is 9. The second-order valence-electron chi connectivity index (χ2n) is 6.61. The molecule has 2 unspecified atom stereocenters. The zero-order chi connectivity index (χ0) is 18.9. The van der Waals surface area contributed by atoms with E-state index in [2.05, 4.69) is 37.2 Å². The van der Waals surface area contributed by atoms with Gasteiger partial charge in [-0.15, -0.1) is 6.58 Å². The Hall–Kier alpha value is -2.52. The molecular formula is C23H30N2O. The van der Waals surface area contributed by atoms with Crippen LogP contribution in [0.3, 0.4) is 0 Å². The predicted molar refractivity (Wildman–Crippen MR) is 112 cm³/mol. The highest BCUT2D eigenvalue weighted by Gasteiger charge is 2.31. The maximum atomic E-state index is 9.13. The first-order chi connectivity index (χ1) is 12.7. The molecule has 0 saturated heterocycles. The second-order valence-corrected chi connectivity index (χ2v) is 6.61. The third-order valence-electron chi connectivity index (χ3n) is 4.91. The molecule has 2 rings (SSSR count). The molecule has 2 atom stereocenters. The fraction of sp³-hybridized carbons (Fsp3) is 0.304. The molecular weight excluding hydrogens is 320 g/mol. The molecule has 0 amide bonds. The van der Waals surface area contributed by atoms with E-state index in [0.29, 0.717) is 12.3 Å². The van der Waals surface area contributed by atoms with Crippen LogP contribution in [0.5, 0.6) is 0 Å². The number of allylic oxidation sites excluding steroid dienone is 2. The fourth-order valence-electron chi connectivity index (χ4n) is 3.73. The summed E-state index contributed by atoms with van der Waals surface area (Å²) in [4.78, 5) is 0. The molecule has 0 spiro atoms. The van der Waals surface area contributed by atoms with Crippen LogP contribution >= 0.6 is 0 Å². The summed E-state index contributed by atoms with van der Waals surface area (Å²) < 4.78 is 0. The lowest BCUT2D eigenvalue weighted by Crippen LogP contribution is -2.32. The van der Waals surface area contributed by atoms with Crippen LogP contribution in [0.4, 0.5) is 0 Å². The molecule has 1 aliphatic rings. The summed E-state index contributed by atoms with van der Waals surface area (Å²) in [6.07, 6.45) is 14.9. The normalized spacial score (nSPS) is 19.4. The van der Waals surface area contributed by atoms with Crippen molar-refractivity contribution in [2.45, 2.75) is 31.7 Å². The predicted octanol–water partition coefficient (Wildman–Crippen LogP) is 4.48. The summed E-state index contributed by atoms with van der Waals surface area (Å²) in [5, 5.41) is 12.8. The van der Waals surface area contributed by atoms with E-state index in [9.17, 15) is 0 Å². The van der Waals surface area contributed by atoms with Crippen LogP contribution in [0.2, 0.25) is 0 Å². The lowest BCUT2D eigenvalue weighted by Gasteiger charge is -2.36. The lowest BCUT2D eigenvalue weighted by molar-refractivity contribution is 0.340. The molecule has 0 aliphatic heterocycles. The van der Waals surface area contributed by atoms with Crippen molar-refractivity contribution in [3.05, 3.63) is 84.2 Å². The number of fused-ring (bicyclic) bond motifs is 1. The van der Waals surface area contributed by atoms with Gasteiger partial charge in [0, 0.05) is 12.1 Å². The Labute approximate surface area is 157 Å². The number of aryl methyl sites for hydroxylation is 1. The number of aliphatic hydroxyl groups is 1. The summed E-state index contributed by atoms with van der Waals surface area (Å²) in [5.41, 5.74) is 11.3. The molecule has 3 nitrogen and oxygen atoms in total. The molecule has 4 N–H and O–H groups in total. The van der Waals surface area contributed by atoms with E-state index in [4.69, 9.17) is 10.8 Å². The van der Waals surface area contributed by atoms with Gasteiger partial charge in [-0.25, -0.2) is 0 Å². The first kappa shape index (κ1) is 19.8. The minimum atomic E-state index is 0.0245. The minimum absolute atomic E-state index is 0.0245. The van der Waals surface area contributed by atoms with Crippen molar-refractivity contribution in [2.24, 2.45) is 11.7 Å². The largest absolute Gasteiger partial charge is 0.405 e. The number of benzene rings is 1. The SMILES string of the molecule is C=CCC1CCc2ccc(/C=C\CO)c(C=C)c2C1NC(=C)C/C=C/N. The van der Waals surface area contributed by atoms with Crippen molar-refractivity contribution in [2.75, 3.05) is 6.61 Å². The van der Waals surface area contributed by atoms with Gasteiger partial charge >= 0.3 is 0 Å². The molecule has 1 aliphatic carbocycles. The van der Waals surface area contributed by atoms with Crippen LogP contribution in [0.15, 0.2) is 62.0 Å². The first-order valence-corrected chi connectivity index (χ1v) is 9.13. The minimum Gasteiger partial charge on any atom is -0.405 e. The van der Waals surface area contributed by atoms with E-state index < -0.39 is 0 Å². The quantitative estimate of drug-likeness (QED) is 0.576. The van der Waals surface area contributed by atoms with E-state index in [1.54, 1.807) is 12.3 Å². The topological polar surface area (TPSA) is 58.3 Å². The van der Waals surface area contributed by atoms with Crippen LogP contribution < -0.4 is 11.1 Å². The Kier molecular flexibility index (Phi) is 7.49. The van der Waals surface area contributed by atoms with Gasteiger partial charge in [-0.3, -0.25) is 0 Å². The third-order valence-corrected chi connectivity index (χ3v) is 4.91. The summed E-state index contributed by atoms with van der Waals surface area (Å²) in [5.74, 6) is 0.453. The zero-order valence-corrected chi connectivity index (χ0v) is 15.5. The summed E-state index contributed by atoms with van der Waals surface area (Å²) >= 11 is 0. The van der Waals surface area contributed by atoms with Crippen molar-refractivity contribution >= 4 is 12.2 Å². The van der Waals surface area contributed by atoms with Crippen molar-refractivity contribution in [3.63, 3.8) is 0 Å². The van der Waals surface area contributed by atoms with E-state index in [1.807, 2.05) is 24.3 Å². The van der Waals surface area contributed by atoms with Gasteiger partial charge in [0.05, 0.1) is 12.6 Å². The molecule has 138 valence electrons. The molecule has 1 aromatic carbocycles. The Morgan fingerprint density at radius 1 is 1.31 bits per heavy atom. The van der Waals surface area contributed by atoms with Gasteiger partial charge in [-0.1, -0.05) is 55.7 Å². The number of hydrogen-bond donors (Lipinski definition) is 3. The number of nitrogens with two attached hydrogens (primary N) is 1. The molecule has 0 fully saturated rings. The van der Waals surface area contributed by atoms with E-state index in [1.165, 1.54) is 11.1 Å². The molecule has 0 radical (unpaired) electrons. The number of hydrogen-bond acceptors (Lipinski definition) is 3. The van der Waals surface area contributed by atoms with Crippen molar-refractivity contribution < 1.29 is 5.11 Å². The Morgan fingerprint density at radius 3 is 2.77 bits per heavy atom. The Bertz CT molecular complexity index is 715. The molecule has 0 bridgehead atoms. The summed E-state index contributed by atoms with van der Waals surface area (Å²) in [6.45, 7) is 12.2. The highest BCUT2D eigenvalue weighted by Crippen LogP contribution is 2.41. The molecule has 0 saturated carbocycles. The summed E-state index contributed by atoms with van der Waals surface area (Å²) in [6, 6.07) is 4.46. The maximum Gasteiger partial charge on any atom is 0.0615 e. The highest BCUT2D eigenvalue weighted by molar-refractivity contribution is 5.69. The molecule has 0 aromatic heterocycles. The van der Waals surface area contributed by atoms with Crippen LogP contribution in [0.1, 0.15) is 47.6 Å². The Morgan fingerprint density at radius 2 is 2.12 bits per heavy atom. The zero-order valence-electron chi connectivity index (χ0n) is 15.5. The fourth-order valence-corrected chi connectivity index (χ4v) is 3.73. The van der Waals surface area contributed by atoms with Gasteiger partial charge in [-0.2, -0.15) is 0 Å². The maximum absolute atomic E-state index is 9.13. The molecule has 26 heavy (non-hydrogen) atoms. The van der Waals surface area contributed by atoms with E-state index in [-0.39, 0.29) is 12.6 Å². The van der Waals surface area contributed by atoms with Gasteiger partial charge in [0.2, 0.25) is 0 Å². The Balaban J connectivity index is 2.49. The monoisotopic (exact) mass is 350 g/mol. The van der Waals surface area contributed by atoms with Gasteiger partial charge in [-0.05, 0) is 53.6 Å². The average molecular weight is 351 g/mol. The van der Waals surface area contributed by atoms with Crippen molar-refractivity contribution in [1.82, 2.24) is 5.32 Å². The van der Waals surface area contributed by atoms with Gasteiger partial charge in [0.15, 0.2) is 0 Å². The van der Waals surface area contributed by atoms with Crippen molar-refractivity contribution in [3.8, 4) is 0 Å². The van der Waals surface area contributed by atoms with Gasteiger partial charge in [0.25, 0.3) is 0 Å². The standard InChI is InChI=1S/C23H30N2O/c1-4-8-20-14-13-19-12-11-18(10-7-16-26)21(5-2)22(19)23(20)25-17(3)9-6-15-24/h4-7,10-12,15,20,23,25-26H,1-3,8-9,13-14,16,24H2/b10-7-,15-6+. The smallest absolute Gasteiger partial charge is 0.0615 e. The van der Waals surface area contributed by atoms with Gasteiger partial charge < -0.3 is 16.2 Å². The second kappa shape index (κ2) is 9.83. The first-order valence-electron chi connectivity index (χ1n) is 9.13. The van der Waals surface area contributed by atoms with Crippen LogP contribution in [-0.2, 0) is 6.42 Å². The number of aliphatic hydroxyl groups excluding tert-OH is 1. The third kappa shape index (κ3) is 4.55. The average Bonchev–Trinajstić information content (AvgIpc) is 2.66. The van der Waals surface area contributed by atoms with Crippen LogP contribution in [-0.4, -0.2) is 11.7 Å². The van der Waals surface area contributed by atoms with Gasteiger partial charge in [0.1, 0.15) is 0 Å².